The van der Waals surface area contributed by atoms with Crippen molar-refractivity contribution < 1.29 is 4.79 Å². The fourth-order valence-electron chi connectivity index (χ4n) is 2.55. The summed E-state index contributed by atoms with van der Waals surface area (Å²) < 4.78 is 1.50. The lowest BCUT2D eigenvalue weighted by Gasteiger charge is -2.18. The molecule has 108 valence electrons. The van der Waals surface area contributed by atoms with Gasteiger partial charge in [0.1, 0.15) is 10.7 Å². The van der Waals surface area contributed by atoms with Gasteiger partial charge in [0, 0.05) is 11.9 Å². The van der Waals surface area contributed by atoms with E-state index in [-0.39, 0.29) is 10.7 Å². The van der Waals surface area contributed by atoms with Crippen LogP contribution in [-0.4, -0.2) is 25.7 Å². The second-order valence-electron chi connectivity index (χ2n) is 5.05. The predicted molar refractivity (Wildman–Crippen MR) is 82.4 cm³/mol. The minimum atomic E-state index is -0.580. The average Bonchev–Trinajstić information content (AvgIpc) is 2.95. The van der Waals surface area contributed by atoms with Crippen LogP contribution in [0.15, 0.2) is 18.3 Å². The summed E-state index contributed by atoms with van der Waals surface area (Å²) in [6, 6.07) is 3.54. The monoisotopic (exact) mass is 301 g/mol. The standard InChI is InChI=1S/C14H15N5OS/c15-12(20)11-5-6-19(18-11)14-9(13(16)21)7-8-3-1-2-4-10(8)17-14/h5-7H,1-4H2,(H2,15,20)(H2,16,21). The first-order valence-electron chi connectivity index (χ1n) is 6.74. The van der Waals surface area contributed by atoms with E-state index in [1.807, 2.05) is 6.07 Å². The highest BCUT2D eigenvalue weighted by molar-refractivity contribution is 7.80. The van der Waals surface area contributed by atoms with Crippen molar-refractivity contribution in [3.8, 4) is 5.82 Å². The number of aromatic nitrogens is 3. The van der Waals surface area contributed by atoms with Crippen molar-refractivity contribution in [2.45, 2.75) is 25.7 Å². The van der Waals surface area contributed by atoms with Crippen LogP contribution >= 0.6 is 12.2 Å². The molecule has 0 radical (unpaired) electrons. The Bertz CT molecular complexity index is 737. The molecule has 1 amide bonds. The number of aryl methyl sites for hydroxylation is 2. The van der Waals surface area contributed by atoms with E-state index in [0.29, 0.717) is 11.4 Å². The highest BCUT2D eigenvalue weighted by Crippen LogP contribution is 2.24. The Morgan fingerprint density at radius 1 is 1.29 bits per heavy atom. The van der Waals surface area contributed by atoms with Gasteiger partial charge in [-0.2, -0.15) is 5.10 Å². The third-order valence-electron chi connectivity index (χ3n) is 3.60. The first-order chi connectivity index (χ1) is 10.1. The second kappa shape index (κ2) is 5.25. The molecule has 0 spiro atoms. The molecule has 0 aromatic carbocycles. The Kier molecular flexibility index (Phi) is 3.42. The van der Waals surface area contributed by atoms with Crippen molar-refractivity contribution in [1.82, 2.24) is 14.8 Å². The van der Waals surface area contributed by atoms with Crippen molar-refractivity contribution >= 4 is 23.1 Å². The summed E-state index contributed by atoms with van der Waals surface area (Å²) in [6.45, 7) is 0. The smallest absolute Gasteiger partial charge is 0.269 e. The summed E-state index contributed by atoms with van der Waals surface area (Å²) in [5.41, 5.74) is 14.1. The van der Waals surface area contributed by atoms with Crippen LogP contribution in [0.4, 0.5) is 0 Å². The van der Waals surface area contributed by atoms with E-state index in [1.54, 1.807) is 12.3 Å². The second-order valence-corrected chi connectivity index (χ2v) is 5.49. The molecule has 0 bridgehead atoms. The molecule has 0 atom stereocenters. The molecule has 0 unspecified atom stereocenters. The summed E-state index contributed by atoms with van der Waals surface area (Å²) in [5.74, 6) is -0.0285. The van der Waals surface area contributed by atoms with E-state index >= 15 is 0 Å². The minimum absolute atomic E-state index is 0.184. The van der Waals surface area contributed by atoms with Gasteiger partial charge in [0.25, 0.3) is 5.91 Å². The summed E-state index contributed by atoms with van der Waals surface area (Å²) in [7, 11) is 0. The first-order valence-corrected chi connectivity index (χ1v) is 7.15. The number of hydrogen-bond donors (Lipinski definition) is 2. The molecule has 0 fully saturated rings. The number of carbonyl (C=O) groups excluding carboxylic acids is 1. The van der Waals surface area contributed by atoms with Crippen LogP contribution in [0.3, 0.4) is 0 Å². The first kappa shape index (κ1) is 13.7. The van der Waals surface area contributed by atoms with Gasteiger partial charge in [-0.15, -0.1) is 0 Å². The molecule has 1 aliphatic carbocycles. The summed E-state index contributed by atoms with van der Waals surface area (Å²) in [6.07, 6.45) is 5.84. The highest BCUT2D eigenvalue weighted by Gasteiger charge is 2.18. The van der Waals surface area contributed by atoms with E-state index in [4.69, 9.17) is 23.7 Å². The Morgan fingerprint density at radius 2 is 2.05 bits per heavy atom. The number of primary amides is 1. The van der Waals surface area contributed by atoms with Crippen molar-refractivity contribution in [3.05, 3.63) is 40.8 Å². The van der Waals surface area contributed by atoms with Gasteiger partial charge in [0.05, 0.1) is 5.56 Å². The topological polar surface area (TPSA) is 99.8 Å². The number of pyridine rings is 1. The molecule has 2 aromatic rings. The number of hydrogen-bond acceptors (Lipinski definition) is 4. The normalized spacial score (nSPS) is 13.7. The highest BCUT2D eigenvalue weighted by atomic mass is 32.1. The molecular formula is C14H15N5OS. The van der Waals surface area contributed by atoms with Gasteiger partial charge in [-0.05, 0) is 43.4 Å². The average molecular weight is 301 g/mol. The van der Waals surface area contributed by atoms with Crippen LogP contribution in [0.1, 0.15) is 40.2 Å². The third-order valence-corrected chi connectivity index (χ3v) is 3.82. The fourth-order valence-corrected chi connectivity index (χ4v) is 2.70. The summed E-state index contributed by atoms with van der Waals surface area (Å²) in [5, 5.41) is 4.14. The Labute approximate surface area is 127 Å². The molecule has 0 saturated heterocycles. The van der Waals surface area contributed by atoms with Crippen molar-refractivity contribution in [3.63, 3.8) is 0 Å². The molecule has 6 nitrogen and oxygen atoms in total. The molecule has 4 N–H and O–H groups in total. The molecule has 2 aromatic heterocycles. The number of rotatable bonds is 3. The molecule has 2 heterocycles. The van der Waals surface area contributed by atoms with Crippen LogP contribution in [-0.2, 0) is 12.8 Å². The lowest BCUT2D eigenvalue weighted by atomic mass is 9.94. The molecular weight excluding hydrogens is 286 g/mol. The number of amides is 1. The molecule has 7 heteroatoms. The maximum Gasteiger partial charge on any atom is 0.269 e. The van der Waals surface area contributed by atoms with E-state index < -0.39 is 5.91 Å². The molecule has 0 aliphatic heterocycles. The quantitative estimate of drug-likeness (QED) is 0.820. The van der Waals surface area contributed by atoms with Crippen LogP contribution in [0.2, 0.25) is 0 Å². The fraction of sp³-hybridized carbons (Fsp3) is 0.286. The zero-order chi connectivity index (χ0) is 15.0. The zero-order valence-electron chi connectivity index (χ0n) is 11.4. The summed E-state index contributed by atoms with van der Waals surface area (Å²) >= 11 is 5.12. The van der Waals surface area contributed by atoms with Gasteiger partial charge >= 0.3 is 0 Å². The van der Waals surface area contributed by atoms with Crippen LogP contribution < -0.4 is 11.5 Å². The number of thiocarbonyl (C=S) groups is 1. The molecule has 3 rings (SSSR count). The van der Waals surface area contributed by atoms with Crippen LogP contribution in [0, 0.1) is 0 Å². The van der Waals surface area contributed by atoms with Crippen LogP contribution in [0.5, 0.6) is 0 Å². The molecule has 21 heavy (non-hydrogen) atoms. The number of fused-ring (bicyclic) bond motifs is 1. The van der Waals surface area contributed by atoms with E-state index in [1.165, 1.54) is 10.2 Å². The van der Waals surface area contributed by atoms with Gasteiger partial charge < -0.3 is 11.5 Å². The molecule has 0 saturated carbocycles. The predicted octanol–water partition coefficient (Wildman–Crippen LogP) is 0.879. The van der Waals surface area contributed by atoms with Gasteiger partial charge in [-0.25, -0.2) is 9.67 Å². The molecule has 1 aliphatic rings. The van der Waals surface area contributed by atoms with Crippen LogP contribution in [0.25, 0.3) is 5.82 Å². The van der Waals surface area contributed by atoms with Crippen molar-refractivity contribution in [2.75, 3.05) is 0 Å². The van der Waals surface area contributed by atoms with E-state index in [2.05, 4.69) is 10.1 Å². The van der Waals surface area contributed by atoms with Gasteiger partial charge in [-0.3, -0.25) is 4.79 Å². The lowest BCUT2D eigenvalue weighted by molar-refractivity contribution is 0.0995. The lowest BCUT2D eigenvalue weighted by Crippen LogP contribution is -2.19. The summed E-state index contributed by atoms with van der Waals surface area (Å²) in [4.78, 5) is 16.1. The number of nitrogens with zero attached hydrogens (tertiary/aromatic N) is 3. The Hall–Kier alpha value is -2.28. The zero-order valence-corrected chi connectivity index (χ0v) is 12.2. The number of nitrogens with two attached hydrogens (primary N) is 2. The third kappa shape index (κ3) is 2.52. The maximum atomic E-state index is 11.2. The Morgan fingerprint density at radius 3 is 2.71 bits per heavy atom. The SMILES string of the molecule is NC(=O)c1ccn(-c2nc3c(cc2C(N)=S)CCCC3)n1. The van der Waals surface area contributed by atoms with Crippen molar-refractivity contribution in [1.29, 1.82) is 0 Å². The van der Waals surface area contributed by atoms with Gasteiger partial charge in [-0.1, -0.05) is 12.2 Å². The van der Waals surface area contributed by atoms with Gasteiger partial charge in [0.2, 0.25) is 0 Å². The van der Waals surface area contributed by atoms with E-state index in [0.717, 1.165) is 31.4 Å². The largest absolute Gasteiger partial charge is 0.389 e. The van der Waals surface area contributed by atoms with E-state index in [9.17, 15) is 4.79 Å². The maximum absolute atomic E-state index is 11.2. The number of carbonyl (C=O) groups is 1. The minimum Gasteiger partial charge on any atom is -0.389 e. The Balaban J connectivity index is 2.15. The van der Waals surface area contributed by atoms with Crippen molar-refractivity contribution in [2.24, 2.45) is 11.5 Å². The van der Waals surface area contributed by atoms with Gasteiger partial charge in [0.15, 0.2) is 5.82 Å².